The number of ether oxygens (including phenoxy) is 3. The van der Waals surface area contributed by atoms with Crippen LogP contribution in [-0.2, 0) is 11.3 Å². The van der Waals surface area contributed by atoms with Crippen molar-refractivity contribution in [3.8, 4) is 17.2 Å². The summed E-state index contributed by atoms with van der Waals surface area (Å²) in [5.41, 5.74) is 1.81. The topological polar surface area (TPSA) is 27.7 Å². The Labute approximate surface area is 177 Å². The molecule has 0 radical (unpaired) electrons. The second kappa shape index (κ2) is 10.1. The molecule has 0 aliphatic heterocycles. The Bertz CT molecular complexity index is 963. The Kier molecular flexibility index (Phi) is 7.26. The van der Waals surface area contributed by atoms with Crippen molar-refractivity contribution in [3.05, 3.63) is 95.8 Å². The summed E-state index contributed by atoms with van der Waals surface area (Å²) in [6.45, 7) is 5.14. The lowest BCUT2D eigenvalue weighted by atomic mass is 9.93. The minimum atomic E-state index is -0.398. The van der Waals surface area contributed by atoms with Crippen molar-refractivity contribution in [2.75, 3.05) is 13.7 Å². The fraction of sp³-hybridized carbons (Fsp3) is 0.231. The van der Waals surface area contributed by atoms with E-state index in [1.54, 1.807) is 31.4 Å². The quantitative estimate of drug-likeness (QED) is 0.387. The van der Waals surface area contributed by atoms with Crippen LogP contribution < -0.4 is 9.47 Å². The van der Waals surface area contributed by atoms with Crippen molar-refractivity contribution in [1.29, 1.82) is 0 Å². The molecule has 0 fully saturated rings. The average Bonchev–Trinajstić information content (AvgIpc) is 2.75. The van der Waals surface area contributed by atoms with Crippen LogP contribution in [0.15, 0.2) is 78.9 Å². The van der Waals surface area contributed by atoms with Gasteiger partial charge >= 0.3 is 0 Å². The molecule has 0 aliphatic carbocycles. The van der Waals surface area contributed by atoms with Crippen LogP contribution in [0.25, 0.3) is 6.08 Å². The van der Waals surface area contributed by atoms with E-state index in [0.29, 0.717) is 19.0 Å². The van der Waals surface area contributed by atoms with E-state index in [1.807, 2.05) is 42.5 Å². The molecule has 3 aromatic rings. The van der Waals surface area contributed by atoms with Crippen LogP contribution in [0, 0.1) is 11.2 Å². The van der Waals surface area contributed by atoms with Crippen molar-refractivity contribution in [2.24, 2.45) is 5.41 Å². The summed E-state index contributed by atoms with van der Waals surface area (Å²) in [4.78, 5) is 0. The summed E-state index contributed by atoms with van der Waals surface area (Å²) >= 11 is 0. The molecule has 0 spiro atoms. The Balaban J connectivity index is 1.55. The maximum absolute atomic E-state index is 14.1. The molecule has 30 heavy (non-hydrogen) atoms. The third-order valence-corrected chi connectivity index (χ3v) is 4.55. The highest BCUT2D eigenvalue weighted by Crippen LogP contribution is 2.26. The van der Waals surface area contributed by atoms with Crippen LogP contribution in [0.1, 0.15) is 25.0 Å². The zero-order valence-electron chi connectivity index (χ0n) is 17.6. The minimum absolute atomic E-state index is 0.149. The van der Waals surface area contributed by atoms with Crippen molar-refractivity contribution < 1.29 is 18.6 Å². The van der Waals surface area contributed by atoms with Crippen LogP contribution >= 0.6 is 0 Å². The normalized spacial score (nSPS) is 11.6. The highest BCUT2D eigenvalue weighted by Gasteiger charge is 2.14. The van der Waals surface area contributed by atoms with E-state index >= 15 is 0 Å². The molecule has 0 unspecified atom stereocenters. The SMILES string of the molecule is COc1ccc(C=CC(C)(C)COCc2ccc(F)c(Oc3ccccc3)c2)cc1. The summed E-state index contributed by atoms with van der Waals surface area (Å²) in [6, 6.07) is 21.9. The Hall–Kier alpha value is -3.11. The van der Waals surface area contributed by atoms with E-state index in [2.05, 4.69) is 26.0 Å². The molecule has 0 aliphatic rings. The van der Waals surface area contributed by atoms with Gasteiger partial charge in [0.15, 0.2) is 11.6 Å². The molecule has 3 nitrogen and oxygen atoms in total. The van der Waals surface area contributed by atoms with Gasteiger partial charge in [-0.25, -0.2) is 4.39 Å². The van der Waals surface area contributed by atoms with Crippen molar-refractivity contribution in [3.63, 3.8) is 0 Å². The highest BCUT2D eigenvalue weighted by molar-refractivity contribution is 5.51. The van der Waals surface area contributed by atoms with Crippen LogP contribution in [0.2, 0.25) is 0 Å². The van der Waals surface area contributed by atoms with Gasteiger partial charge in [0.1, 0.15) is 11.5 Å². The molecule has 0 saturated heterocycles. The Morgan fingerprint density at radius 3 is 2.33 bits per heavy atom. The smallest absolute Gasteiger partial charge is 0.165 e. The summed E-state index contributed by atoms with van der Waals surface area (Å²) in [7, 11) is 1.66. The van der Waals surface area contributed by atoms with E-state index in [-0.39, 0.29) is 11.2 Å². The fourth-order valence-corrected chi connectivity index (χ4v) is 2.85. The zero-order valence-corrected chi connectivity index (χ0v) is 17.6. The number of methoxy groups -OCH3 is 1. The monoisotopic (exact) mass is 406 g/mol. The Morgan fingerprint density at radius 2 is 1.63 bits per heavy atom. The predicted octanol–water partition coefficient (Wildman–Crippen LogP) is 6.88. The van der Waals surface area contributed by atoms with Gasteiger partial charge in [-0.2, -0.15) is 0 Å². The average molecular weight is 406 g/mol. The molecule has 156 valence electrons. The summed E-state index contributed by atoms with van der Waals surface area (Å²) < 4.78 is 30.8. The van der Waals surface area contributed by atoms with Gasteiger partial charge in [0, 0.05) is 5.41 Å². The van der Waals surface area contributed by atoms with E-state index in [0.717, 1.165) is 16.9 Å². The third-order valence-electron chi connectivity index (χ3n) is 4.55. The first-order valence-electron chi connectivity index (χ1n) is 9.87. The maximum Gasteiger partial charge on any atom is 0.165 e. The van der Waals surface area contributed by atoms with Crippen molar-refractivity contribution in [1.82, 2.24) is 0 Å². The van der Waals surface area contributed by atoms with Crippen molar-refractivity contribution >= 4 is 6.08 Å². The summed E-state index contributed by atoms with van der Waals surface area (Å²) in [5.74, 6) is 1.23. The molecule has 3 aromatic carbocycles. The molecule has 4 heteroatoms. The van der Waals surface area contributed by atoms with Gasteiger partial charge < -0.3 is 14.2 Å². The number of para-hydroxylation sites is 1. The predicted molar refractivity (Wildman–Crippen MR) is 118 cm³/mol. The van der Waals surface area contributed by atoms with Gasteiger partial charge in [0.2, 0.25) is 0 Å². The Morgan fingerprint density at radius 1 is 0.900 bits per heavy atom. The number of hydrogen-bond donors (Lipinski definition) is 0. The van der Waals surface area contributed by atoms with Gasteiger partial charge in [-0.15, -0.1) is 0 Å². The number of benzene rings is 3. The number of halogens is 1. The molecular formula is C26H27FO3. The van der Waals surface area contributed by atoms with Gasteiger partial charge in [0.05, 0.1) is 20.3 Å². The van der Waals surface area contributed by atoms with E-state index < -0.39 is 5.82 Å². The first kappa shape index (κ1) is 21.6. The molecule has 0 heterocycles. The first-order valence-corrected chi connectivity index (χ1v) is 9.87. The molecular weight excluding hydrogens is 379 g/mol. The fourth-order valence-electron chi connectivity index (χ4n) is 2.85. The number of rotatable bonds is 9. The summed E-state index contributed by atoms with van der Waals surface area (Å²) in [5, 5.41) is 0. The van der Waals surface area contributed by atoms with Gasteiger partial charge in [0.25, 0.3) is 0 Å². The molecule has 0 N–H and O–H groups in total. The van der Waals surface area contributed by atoms with E-state index in [9.17, 15) is 4.39 Å². The molecule has 0 aromatic heterocycles. The van der Waals surface area contributed by atoms with Gasteiger partial charge in [-0.1, -0.05) is 62.4 Å². The molecule has 3 rings (SSSR count). The summed E-state index contributed by atoms with van der Waals surface area (Å²) in [6.07, 6.45) is 4.20. The van der Waals surface area contributed by atoms with Crippen LogP contribution in [0.5, 0.6) is 17.2 Å². The number of hydrogen-bond acceptors (Lipinski definition) is 3. The molecule has 0 saturated carbocycles. The lowest BCUT2D eigenvalue weighted by Crippen LogP contribution is -2.16. The largest absolute Gasteiger partial charge is 0.497 e. The lowest BCUT2D eigenvalue weighted by molar-refractivity contribution is 0.0719. The molecule has 0 atom stereocenters. The molecule has 0 amide bonds. The van der Waals surface area contributed by atoms with Gasteiger partial charge in [-0.05, 0) is 47.5 Å². The van der Waals surface area contributed by atoms with Crippen LogP contribution in [0.3, 0.4) is 0 Å². The van der Waals surface area contributed by atoms with E-state index in [4.69, 9.17) is 14.2 Å². The highest BCUT2D eigenvalue weighted by atomic mass is 19.1. The zero-order chi connectivity index (χ0) is 21.4. The second-order valence-electron chi connectivity index (χ2n) is 7.77. The van der Waals surface area contributed by atoms with E-state index in [1.165, 1.54) is 6.07 Å². The third kappa shape index (κ3) is 6.46. The lowest BCUT2D eigenvalue weighted by Gasteiger charge is -2.20. The molecule has 0 bridgehead atoms. The van der Waals surface area contributed by atoms with Crippen LogP contribution in [0.4, 0.5) is 4.39 Å². The minimum Gasteiger partial charge on any atom is -0.497 e. The first-order chi connectivity index (χ1) is 14.4. The standard InChI is InChI=1S/C26H27FO3/c1-26(2,16-15-20-9-12-22(28-3)13-10-20)19-29-18-21-11-14-24(27)25(17-21)30-23-7-5-4-6-8-23/h4-17H,18-19H2,1-3H3. The van der Waals surface area contributed by atoms with Crippen LogP contribution in [-0.4, -0.2) is 13.7 Å². The van der Waals surface area contributed by atoms with Crippen molar-refractivity contribution in [2.45, 2.75) is 20.5 Å². The van der Waals surface area contributed by atoms with Gasteiger partial charge in [-0.3, -0.25) is 0 Å². The second-order valence-corrected chi connectivity index (χ2v) is 7.77. The maximum atomic E-state index is 14.1.